The van der Waals surface area contributed by atoms with Crippen LogP contribution in [0.15, 0.2) is 0 Å². The Morgan fingerprint density at radius 1 is 1.00 bits per heavy atom. The van der Waals surface area contributed by atoms with Gasteiger partial charge in [-0.1, -0.05) is 0 Å². The van der Waals surface area contributed by atoms with E-state index in [9.17, 15) is 0 Å². The monoisotopic (exact) mass is 288 g/mol. The van der Waals surface area contributed by atoms with Gasteiger partial charge in [0.1, 0.15) is 0 Å². The van der Waals surface area contributed by atoms with Gasteiger partial charge >= 0.3 is 0 Å². The summed E-state index contributed by atoms with van der Waals surface area (Å²) in [4.78, 5) is 14.2. The summed E-state index contributed by atoms with van der Waals surface area (Å²) in [7, 11) is 0. The molecule has 98 valence electrons. The van der Waals surface area contributed by atoms with E-state index in [1.807, 2.05) is 0 Å². The molecule has 0 amide bonds. The van der Waals surface area contributed by atoms with Gasteiger partial charge in [-0.25, -0.2) is 0 Å². The van der Waals surface area contributed by atoms with Crippen molar-refractivity contribution in [1.29, 1.82) is 0 Å². The first kappa shape index (κ1) is 12.4. The maximum absolute atomic E-state index is 5.81. The molecule has 0 radical (unpaired) electrons. The molecule has 2 saturated heterocycles. The van der Waals surface area contributed by atoms with Crippen LogP contribution in [-0.4, -0.2) is 41.3 Å². The Labute approximate surface area is 115 Å². The molecular formula is C11H14Cl2N4O. The molecule has 7 heteroatoms. The molecule has 1 aromatic heterocycles. The number of anilines is 1. The number of hydrogen-bond acceptors (Lipinski definition) is 5. The minimum absolute atomic E-state index is 0.151. The lowest BCUT2D eigenvalue weighted by Gasteiger charge is -2.33. The molecule has 3 heterocycles. The van der Waals surface area contributed by atoms with E-state index >= 15 is 0 Å². The molecule has 0 unspecified atom stereocenters. The Bertz CT molecular complexity index is 430. The fourth-order valence-electron chi connectivity index (χ4n) is 2.78. The Kier molecular flexibility index (Phi) is 3.30. The van der Waals surface area contributed by atoms with Crippen LogP contribution in [0.1, 0.15) is 19.3 Å². The van der Waals surface area contributed by atoms with Crippen LogP contribution in [-0.2, 0) is 4.74 Å². The van der Waals surface area contributed by atoms with Crippen LogP contribution < -0.4 is 4.90 Å². The molecule has 2 fully saturated rings. The van der Waals surface area contributed by atoms with Crippen molar-refractivity contribution >= 4 is 29.2 Å². The Balaban J connectivity index is 1.78. The SMILES string of the molecule is Clc1nc(Cl)nc(N2CCC3(CCOCC3)C2)n1. The largest absolute Gasteiger partial charge is 0.381 e. The first-order chi connectivity index (χ1) is 8.67. The van der Waals surface area contributed by atoms with Gasteiger partial charge in [0.25, 0.3) is 0 Å². The fraction of sp³-hybridized carbons (Fsp3) is 0.727. The van der Waals surface area contributed by atoms with E-state index in [0.717, 1.165) is 45.6 Å². The predicted octanol–water partition coefficient (Wildman–Crippen LogP) is 2.19. The molecule has 3 rings (SSSR count). The van der Waals surface area contributed by atoms with E-state index in [2.05, 4.69) is 19.9 Å². The number of hydrogen-bond donors (Lipinski definition) is 0. The maximum atomic E-state index is 5.81. The number of rotatable bonds is 1. The number of halogens is 2. The summed E-state index contributed by atoms with van der Waals surface area (Å²) in [5.41, 5.74) is 0.351. The average molecular weight is 289 g/mol. The molecule has 2 aliphatic heterocycles. The number of ether oxygens (including phenoxy) is 1. The van der Waals surface area contributed by atoms with Crippen LogP contribution in [0.25, 0.3) is 0 Å². The molecule has 0 atom stereocenters. The lowest BCUT2D eigenvalue weighted by Crippen LogP contribution is -2.33. The summed E-state index contributed by atoms with van der Waals surface area (Å²) in [5.74, 6) is 0.586. The summed E-state index contributed by atoms with van der Waals surface area (Å²) >= 11 is 11.6. The van der Waals surface area contributed by atoms with Crippen molar-refractivity contribution < 1.29 is 4.74 Å². The highest BCUT2D eigenvalue weighted by molar-refractivity contribution is 6.31. The van der Waals surface area contributed by atoms with Crippen molar-refractivity contribution in [2.24, 2.45) is 5.41 Å². The third kappa shape index (κ3) is 2.39. The zero-order valence-corrected chi connectivity index (χ0v) is 11.4. The van der Waals surface area contributed by atoms with Gasteiger partial charge < -0.3 is 9.64 Å². The van der Waals surface area contributed by atoms with Crippen LogP contribution in [0.4, 0.5) is 5.95 Å². The van der Waals surface area contributed by atoms with E-state index in [4.69, 9.17) is 27.9 Å². The lowest BCUT2D eigenvalue weighted by molar-refractivity contribution is 0.0254. The first-order valence-corrected chi connectivity index (χ1v) is 6.82. The quantitative estimate of drug-likeness (QED) is 0.793. The van der Waals surface area contributed by atoms with Crippen molar-refractivity contribution in [3.63, 3.8) is 0 Å². The standard InChI is InChI=1S/C11H14Cl2N4O/c12-8-14-9(13)16-10(15-8)17-4-1-11(7-17)2-5-18-6-3-11/h1-7H2. The zero-order valence-electron chi connectivity index (χ0n) is 9.90. The molecule has 0 bridgehead atoms. The number of nitrogens with zero attached hydrogens (tertiary/aromatic N) is 4. The third-order valence-corrected chi connectivity index (χ3v) is 4.18. The molecule has 0 N–H and O–H groups in total. The summed E-state index contributed by atoms with van der Waals surface area (Å²) in [5, 5.41) is 0.302. The third-order valence-electron chi connectivity index (χ3n) is 3.84. The van der Waals surface area contributed by atoms with Crippen LogP contribution >= 0.6 is 23.2 Å². The van der Waals surface area contributed by atoms with E-state index in [1.54, 1.807) is 0 Å². The Morgan fingerprint density at radius 3 is 2.33 bits per heavy atom. The maximum Gasteiger partial charge on any atom is 0.230 e. The molecule has 0 aliphatic carbocycles. The summed E-state index contributed by atoms with van der Waals surface area (Å²) in [6.07, 6.45) is 3.36. The van der Waals surface area contributed by atoms with E-state index in [0.29, 0.717) is 11.4 Å². The van der Waals surface area contributed by atoms with Gasteiger partial charge in [0.05, 0.1) is 0 Å². The second-order valence-corrected chi connectivity index (χ2v) is 5.63. The van der Waals surface area contributed by atoms with Crippen LogP contribution in [0.5, 0.6) is 0 Å². The molecule has 2 aliphatic rings. The van der Waals surface area contributed by atoms with Crippen molar-refractivity contribution in [3.05, 3.63) is 10.6 Å². The van der Waals surface area contributed by atoms with Gasteiger partial charge in [-0.2, -0.15) is 15.0 Å². The topological polar surface area (TPSA) is 51.1 Å². The van der Waals surface area contributed by atoms with E-state index < -0.39 is 0 Å². The Morgan fingerprint density at radius 2 is 1.67 bits per heavy atom. The second-order valence-electron chi connectivity index (χ2n) is 4.96. The van der Waals surface area contributed by atoms with Gasteiger partial charge in [-0.05, 0) is 47.9 Å². The van der Waals surface area contributed by atoms with Gasteiger partial charge in [0, 0.05) is 26.3 Å². The molecule has 1 spiro atoms. The molecule has 0 aromatic carbocycles. The van der Waals surface area contributed by atoms with Crippen molar-refractivity contribution in [2.75, 3.05) is 31.2 Å². The first-order valence-electron chi connectivity index (χ1n) is 6.07. The minimum Gasteiger partial charge on any atom is -0.381 e. The van der Waals surface area contributed by atoms with Crippen LogP contribution in [0, 0.1) is 5.41 Å². The average Bonchev–Trinajstić information content (AvgIpc) is 2.73. The Hall–Kier alpha value is -0.650. The van der Waals surface area contributed by atoms with Gasteiger partial charge in [0.15, 0.2) is 0 Å². The molecule has 5 nitrogen and oxygen atoms in total. The highest BCUT2D eigenvalue weighted by atomic mass is 35.5. The van der Waals surface area contributed by atoms with Crippen molar-refractivity contribution in [1.82, 2.24) is 15.0 Å². The van der Waals surface area contributed by atoms with E-state index in [1.165, 1.54) is 0 Å². The molecule has 1 aromatic rings. The lowest BCUT2D eigenvalue weighted by atomic mass is 9.80. The fourth-order valence-corrected chi connectivity index (χ4v) is 3.13. The molecule has 18 heavy (non-hydrogen) atoms. The molecule has 0 saturated carbocycles. The normalized spacial score (nSPS) is 22.7. The van der Waals surface area contributed by atoms with Gasteiger partial charge in [-0.3, -0.25) is 0 Å². The molecular weight excluding hydrogens is 275 g/mol. The second kappa shape index (κ2) is 4.79. The van der Waals surface area contributed by atoms with Crippen molar-refractivity contribution in [2.45, 2.75) is 19.3 Å². The van der Waals surface area contributed by atoms with E-state index in [-0.39, 0.29) is 10.6 Å². The van der Waals surface area contributed by atoms with Gasteiger partial charge in [-0.15, -0.1) is 0 Å². The van der Waals surface area contributed by atoms with Crippen LogP contribution in [0.2, 0.25) is 10.6 Å². The number of aromatic nitrogens is 3. The van der Waals surface area contributed by atoms with Crippen molar-refractivity contribution in [3.8, 4) is 0 Å². The highest BCUT2D eigenvalue weighted by Crippen LogP contribution is 2.40. The van der Waals surface area contributed by atoms with Gasteiger partial charge in [0.2, 0.25) is 16.5 Å². The summed E-state index contributed by atoms with van der Waals surface area (Å²) in [6.45, 7) is 3.60. The summed E-state index contributed by atoms with van der Waals surface area (Å²) < 4.78 is 5.43. The predicted molar refractivity (Wildman–Crippen MR) is 69.2 cm³/mol. The smallest absolute Gasteiger partial charge is 0.230 e. The highest BCUT2D eigenvalue weighted by Gasteiger charge is 2.40. The van der Waals surface area contributed by atoms with Crippen LogP contribution in [0.3, 0.4) is 0 Å². The zero-order chi connectivity index (χ0) is 12.6. The summed E-state index contributed by atoms with van der Waals surface area (Å²) in [6, 6.07) is 0. The minimum atomic E-state index is 0.151.